The van der Waals surface area contributed by atoms with Gasteiger partial charge in [0.1, 0.15) is 0 Å². The molecule has 1 N–H and O–H groups in total. The normalized spacial score (nSPS) is 16.1. The minimum Gasteiger partial charge on any atom is -0.477 e. The van der Waals surface area contributed by atoms with Crippen LogP contribution in [0.1, 0.15) is 18.9 Å². The van der Waals surface area contributed by atoms with Crippen LogP contribution in [0.5, 0.6) is 5.75 Å². The number of hydrogen-bond acceptors (Lipinski definition) is 5. The Labute approximate surface area is 155 Å². The van der Waals surface area contributed by atoms with E-state index in [9.17, 15) is 19.7 Å². The summed E-state index contributed by atoms with van der Waals surface area (Å²) in [6, 6.07) is 11.2. The van der Waals surface area contributed by atoms with Gasteiger partial charge in [0, 0.05) is 18.5 Å². The number of para-hydroxylation sites is 2. The molecule has 0 bridgehead atoms. The Bertz CT molecular complexity index is 912. The number of nitro groups is 1. The highest BCUT2D eigenvalue weighted by molar-refractivity contribution is 6.04. The van der Waals surface area contributed by atoms with E-state index in [4.69, 9.17) is 4.74 Å². The number of hydrogen-bond donors (Lipinski definition) is 1. The van der Waals surface area contributed by atoms with E-state index in [2.05, 4.69) is 5.32 Å². The number of fused-ring (bicyclic) bond motifs is 1. The summed E-state index contributed by atoms with van der Waals surface area (Å²) < 4.78 is 5.46. The fraction of sp³-hybridized carbons (Fsp3) is 0.263. The van der Waals surface area contributed by atoms with Crippen molar-refractivity contribution in [2.24, 2.45) is 0 Å². The Morgan fingerprint density at radius 2 is 2.07 bits per heavy atom. The van der Waals surface area contributed by atoms with Crippen molar-refractivity contribution in [1.82, 2.24) is 0 Å². The Balaban J connectivity index is 1.84. The van der Waals surface area contributed by atoms with Gasteiger partial charge in [0.15, 0.2) is 12.4 Å². The van der Waals surface area contributed by atoms with E-state index >= 15 is 0 Å². The lowest BCUT2D eigenvalue weighted by Gasteiger charge is -2.27. The van der Waals surface area contributed by atoms with Crippen LogP contribution < -0.4 is 15.0 Å². The van der Waals surface area contributed by atoms with Gasteiger partial charge in [-0.25, -0.2) is 0 Å². The van der Waals surface area contributed by atoms with E-state index in [0.29, 0.717) is 11.4 Å². The number of nitrogens with one attached hydrogen (secondary N) is 1. The van der Waals surface area contributed by atoms with Crippen molar-refractivity contribution in [1.29, 1.82) is 0 Å². The number of carbonyl (C=O) groups is 2. The van der Waals surface area contributed by atoms with E-state index in [1.165, 1.54) is 17.0 Å². The summed E-state index contributed by atoms with van der Waals surface area (Å²) in [5.74, 6) is -0.537. The molecule has 1 atom stereocenters. The first-order valence-electron chi connectivity index (χ1n) is 8.45. The van der Waals surface area contributed by atoms with Crippen molar-refractivity contribution < 1.29 is 19.2 Å². The first kappa shape index (κ1) is 18.4. The number of carbonyl (C=O) groups excluding carboxylic acids is 2. The highest BCUT2D eigenvalue weighted by atomic mass is 16.6. The molecule has 0 aromatic heterocycles. The van der Waals surface area contributed by atoms with Crippen LogP contribution in [0.3, 0.4) is 0 Å². The first-order chi connectivity index (χ1) is 12.9. The third kappa shape index (κ3) is 3.89. The van der Waals surface area contributed by atoms with Gasteiger partial charge < -0.3 is 15.0 Å². The molecule has 1 heterocycles. The van der Waals surface area contributed by atoms with Crippen LogP contribution in [0.4, 0.5) is 17.1 Å². The SMILES string of the molecule is Cc1ccc(OCC(=O)N2c3ccccc3NC(=O)CC2C)c([N+](=O)[O-])c1. The van der Waals surface area contributed by atoms with Crippen molar-refractivity contribution in [2.75, 3.05) is 16.8 Å². The summed E-state index contributed by atoms with van der Waals surface area (Å²) >= 11 is 0. The summed E-state index contributed by atoms with van der Waals surface area (Å²) in [5, 5.41) is 14.0. The van der Waals surface area contributed by atoms with Gasteiger partial charge in [0.05, 0.1) is 16.3 Å². The number of amides is 2. The molecule has 0 fully saturated rings. The molecule has 2 aromatic carbocycles. The number of anilines is 2. The van der Waals surface area contributed by atoms with Crippen LogP contribution in [0, 0.1) is 17.0 Å². The number of ether oxygens (including phenoxy) is 1. The second kappa shape index (κ2) is 7.45. The maximum absolute atomic E-state index is 12.8. The minimum absolute atomic E-state index is 0.0314. The Morgan fingerprint density at radius 3 is 2.81 bits per heavy atom. The lowest BCUT2D eigenvalue weighted by Crippen LogP contribution is -2.41. The number of nitro benzene ring substituents is 1. The zero-order valence-corrected chi connectivity index (χ0v) is 15.0. The Hall–Kier alpha value is -3.42. The van der Waals surface area contributed by atoms with Gasteiger partial charge in [-0.2, -0.15) is 0 Å². The Morgan fingerprint density at radius 1 is 1.33 bits per heavy atom. The molecule has 3 rings (SSSR count). The first-order valence-corrected chi connectivity index (χ1v) is 8.45. The average Bonchev–Trinajstić information content (AvgIpc) is 2.74. The zero-order chi connectivity index (χ0) is 19.6. The highest BCUT2D eigenvalue weighted by Crippen LogP contribution is 2.32. The van der Waals surface area contributed by atoms with E-state index < -0.39 is 4.92 Å². The number of rotatable bonds is 4. The summed E-state index contributed by atoms with van der Waals surface area (Å²) in [6.07, 6.45) is 0.144. The molecule has 1 aliphatic rings. The Kier molecular flexibility index (Phi) is 5.07. The van der Waals surface area contributed by atoms with Gasteiger partial charge in [-0.1, -0.05) is 18.2 Å². The molecule has 2 amide bonds. The second-order valence-electron chi connectivity index (χ2n) is 6.40. The highest BCUT2D eigenvalue weighted by Gasteiger charge is 2.30. The summed E-state index contributed by atoms with van der Waals surface area (Å²) in [6.45, 7) is 3.13. The van der Waals surface area contributed by atoms with Gasteiger partial charge in [0.2, 0.25) is 5.91 Å². The molecule has 0 saturated heterocycles. The maximum atomic E-state index is 12.8. The molecule has 27 heavy (non-hydrogen) atoms. The quantitative estimate of drug-likeness (QED) is 0.659. The fourth-order valence-electron chi connectivity index (χ4n) is 3.07. The van der Waals surface area contributed by atoms with Crippen molar-refractivity contribution >= 4 is 28.9 Å². The largest absolute Gasteiger partial charge is 0.477 e. The van der Waals surface area contributed by atoms with Crippen LogP contribution in [-0.4, -0.2) is 29.4 Å². The molecule has 8 heteroatoms. The zero-order valence-electron chi connectivity index (χ0n) is 15.0. The molecule has 1 aliphatic heterocycles. The van der Waals surface area contributed by atoms with Crippen LogP contribution in [0.15, 0.2) is 42.5 Å². The van der Waals surface area contributed by atoms with E-state index in [0.717, 1.165) is 5.56 Å². The lowest BCUT2D eigenvalue weighted by atomic mass is 10.1. The third-order valence-electron chi connectivity index (χ3n) is 4.29. The second-order valence-corrected chi connectivity index (χ2v) is 6.40. The lowest BCUT2D eigenvalue weighted by molar-refractivity contribution is -0.385. The van der Waals surface area contributed by atoms with Gasteiger partial charge in [-0.3, -0.25) is 19.7 Å². The molecular formula is C19H19N3O5. The van der Waals surface area contributed by atoms with Crippen LogP contribution in [-0.2, 0) is 9.59 Å². The molecular weight excluding hydrogens is 350 g/mol. The van der Waals surface area contributed by atoms with Crippen molar-refractivity contribution in [3.63, 3.8) is 0 Å². The number of aryl methyl sites for hydroxylation is 1. The number of nitrogens with zero attached hydrogens (tertiary/aromatic N) is 2. The summed E-state index contributed by atoms with van der Waals surface area (Å²) in [7, 11) is 0. The molecule has 2 aromatic rings. The third-order valence-corrected chi connectivity index (χ3v) is 4.29. The predicted molar refractivity (Wildman–Crippen MR) is 100.0 cm³/mol. The maximum Gasteiger partial charge on any atom is 0.311 e. The average molecular weight is 369 g/mol. The van der Waals surface area contributed by atoms with E-state index in [1.807, 2.05) is 0 Å². The molecule has 0 aliphatic carbocycles. The molecule has 140 valence electrons. The molecule has 0 saturated carbocycles. The summed E-state index contributed by atoms with van der Waals surface area (Å²) in [4.78, 5) is 37.0. The fourth-order valence-corrected chi connectivity index (χ4v) is 3.07. The smallest absolute Gasteiger partial charge is 0.311 e. The van der Waals surface area contributed by atoms with Crippen LogP contribution in [0.2, 0.25) is 0 Å². The van der Waals surface area contributed by atoms with Crippen molar-refractivity contribution in [3.05, 3.63) is 58.1 Å². The van der Waals surface area contributed by atoms with Crippen molar-refractivity contribution in [2.45, 2.75) is 26.3 Å². The summed E-state index contributed by atoms with van der Waals surface area (Å²) in [5.41, 5.74) is 1.65. The molecule has 0 spiro atoms. The van der Waals surface area contributed by atoms with Crippen LogP contribution in [0.25, 0.3) is 0 Å². The molecule has 1 unspecified atom stereocenters. The molecule has 0 radical (unpaired) electrons. The minimum atomic E-state index is -0.542. The topological polar surface area (TPSA) is 102 Å². The van der Waals surface area contributed by atoms with Gasteiger partial charge in [0.25, 0.3) is 5.91 Å². The van der Waals surface area contributed by atoms with Gasteiger partial charge in [-0.15, -0.1) is 0 Å². The van der Waals surface area contributed by atoms with Crippen molar-refractivity contribution in [3.8, 4) is 5.75 Å². The van der Waals surface area contributed by atoms with Gasteiger partial charge in [-0.05, 0) is 37.6 Å². The van der Waals surface area contributed by atoms with E-state index in [-0.39, 0.29) is 42.3 Å². The monoisotopic (exact) mass is 369 g/mol. The van der Waals surface area contributed by atoms with Gasteiger partial charge >= 0.3 is 5.69 Å². The van der Waals surface area contributed by atoms with Crippen LogP contribution >= 0.6 is 0 Å². The number of benzene rings is 2. The van der Waals surface area contributed by atoms with E-state index in [1.54, 1.807) is 44.2 Å². The predicted octanol–water partition coefficient (Wildman–Crippen LogP) is 3.05. The standard InChI is InChI=1S/C19H19N3O5/c1-12-7-8-17(16(9-12)22(25)26)27-11-19(24)21-13(2)10-18(23)20-14-5-3-4-6-15(14)21/h3-9,13H,10-11H2,1-2H3,(H,20,23). The molecule has 8 nitrogen and oxygen atoms in total.